The van der Waals surface area contributed by atoms with Gasteiger partial charge in [0.05, 0.1) is 23.1 Å². The molecule has 5 nitrogen and oxygen atoms in total. The number of amides is 2. The summed E-state index contributed by atoms with van der Waals surface area (Å²) in [6.07, 6.45) is 5.43. The summed E-state index contributed by atoms with van der Waals surface area (Å²) in [5.74, 6) is 0.480. The van der Waals surface area contributed by atoms with E-state index >= 15 is 0 Å². The highest BCUT2D eigenvalue weighted by Gasteiger charge is 2.67. The van der Waals surface area contributed by atoms with Crippen LogP contribution in [0.4, 0.5) is 5.69 Å². The number of aryl methyl sites for hydroxylation is 2. The van der Waals surface area contributed by atoms with Crippen molar-refractivity contribution in [1.82, 2.24) is 0 Å². The van der Waals surface area contributed by atoms with Crippen LogP contribution in [0.2, 0.25) is 5.02 Å². The summed E-state index contributed by atoms with van der Waals surface area (Å²) < 4.78 is 5.55. The Bertz CT molecular complexity index is 1180. The lowest BCUT2D eigenvalue weighted by atomic mass is 9.63. The van der Waals surface area contributed by atoms with Crippen LogP contribution in [0, 0.1) is 49.4 Å². The molecule has 1 saturated heterocycles. The third-order valence-electron chi connectivity index (χ3n) is 7.62. The van der Waals surface area contributed by atoms with Crippen LogP contribution in [0.5, 0.6) is 5.75 Å². The predicted molar refractivity (Wildman–Crippen MR) is 120 cm³/mol. The minimum absolute atomic E-state index is 0.140. The maximum Gasteiger partial charge on any atom is 0.343 e. The Kier molecular flexibility index (Phi) is 4.19. The lowest BCUT2D eigenvalue weighted by molar-refractivity contribution is -0.124. The highest BCUT2D eigenvalue weighted by Crippen LogP contribution is 2.65. The molecule has 0 N–H and O–H groups in total. The monoisotopic (exact) mass is 447 g/mol. The molecule has 0 unspecified atom stereocenters. The molecule has 162 valence electrons. The number of ether oxygens (including phenoxy) is 1. The number of carbonyl (C=O) groups excluding carboxylic acids is 3. The van der Waals surface area contributed by atoms with Crippen molar-refractivity contribution in [1.29, 1.82) is 0 Å². The normalized spacial score (nSPS) is 31.5. The number of hydrogen-bond acceptors (Lipinski definition) is 4. The van der Waals surface area contributed by atoms with Gasteiger partial charge in [-0.05, 0) is 85.4 Å². The summed E-state index contributed by atoms with van der Waals surface area (Å²) in [6, 6.07) is 10.0. The summed E-state index contributed by atoms with van der Waals surface area (Å²) >= 11 is 6.20. The van der Waals surface area contributed by atoms with Crippen molar-refractivity contribution in [2.75, 3.05) is 4.90 Å². The summed E-state index contributed by atoms with van der Waals surface area (Å²) in [6.45, 7) is 3.70. The fourth-order valence-electron chi connectivity index (χ4n) is 6.11. The zero-order valence-electron chi connectivity index (χ0n) is 17.7. The molecule has 3 fully saturated rings. The van der Waals surface area contributed by atoms with Crippen molar-refractivity contribution >= 4 is 35.1 Å². The molecular formula is C26H22ClNO4. The number of rotatable bonds is 3. The van der Waals surface area contributed by atoms with Crippen molar-refractivity contribution in [3.8, 4) is 5.75 Å². The van der Waals surface area contributed by atoms with Crippen LogP contribution in [-0.2, 0) is 9.59 Å². The van der Waals surface area contributed by atoms with Gasteiger partial charge in [-0.1, -0.05) is 29.8 Å². The van der Waals surface area contributed by atoms with Gasteiger partial charge in [0.25, 0.3) is 0 Å². The van der Waals surface area contributed by atoms with Crippen LogP contribution in [0.15, 0.2) is 48.6 Å². The number of esters is 1. The lowest BCUT2D eigenvalue weighted by Crippen LogP contribution is -2.40. The van der Waals surface area contributed by atoms with E-state index in [2.05, 4.69) is 12.2 Å². The number of carbonyl (C=O) groups is 3. The summed E-state index contributed by atoms with van der Waals surface area (Å²) in [4.78, 5) is 40.8. The molecule has 2 bridgehead atoms. The molecule has 5 aliphatic rings. The number of benzene rings is 2. The van der Waals surface area contributed by atoms with E-state index in [0.29, 0.717) is 28.3 Å². The molecule has 1 aliphatic heterocycles. The predicted octanol–water partition coefficient (Wildman–Crippen LogP) is 4.73. The number of imide groups is 1. The molecular weight excluding hydrogens is 426 g/mol. The van der Waals surface area contributed by atoms with Crippen molar-refractivity contribution < 1.29 is 19.1 Å². The van der Waals surface area contributed by atoms with Crippen molar-refractivity contribution in [2.45, 2.75) is 20.3 Å². The number of hydrogen-bond donors (Lipinski definition) is 0. The Morgan fingerprint density at radius 2 is 1.56 bits per heavy atom. The van der Waals surface area contributed by atoms with E-state index in [9.17, 15) is 14.4 Å². The second-order valence-electron chi connectivity index (χ2n) is 9.48. The SMILES string of the molecule is Cc1cc(OC(=O)c2cccc(N3C(=O)[C@@H]4[C@H]5C=C[C@@H]([C@@H]6C[C@@H]56)[C@H]4C3=O)c2)cc(C)c1Cl. The standard InChI is InChI=1S/C26H22ClNO4/c1-12-8-16(9-13(2)23(12)27)32-26(31)14-4-3-5-15(10-14)28-24(29)21-17-6-7-18(20-11-19(17)20)22(21)25(28)30/h3-10,17-22H,11H2,1-2H3/t17-,18-,19-,20-,21+,22+/m0/s1. The van der Waals surface area contributed by atoms with Gasteiger partial charge in [-0.2, -0.15) is 0 Å². The van der Waals surface area contributed by atoms with E-state index in [0.717, 1.165) is 17.5 Å². The first-order valence-electron chi connectivity index (χ1n) is 11.0. The van der Waals surface area contributed by atoms with Gasteiger partial charge in [0, 0.05) is 5.02 Å². The van der Waals surface area contributed by atoms with Crippen LogP contribution in [0.1, 0.15) is 27.9 Å². The number of nitrogens with zero attached hydrogens (tertiary/aromatic N) is 1. The number of halogens is 1. The largest absolute Gasteiger partial charge is 0.423 e. The van der Waals surface area contributed by atoms with Crippen molar-refractivity contribution in [2.24, 2.45) is 35.5 Å². The molecule has 6 atom stereocenters. The van der Waals surface area contributed by atoms with Gasteiger partial charge in [-0.3, -0.25) is 9.59 Å². The second kappa shape index (κ2) is 6.79. The van der Waals surface area contributed by atoms with Gasteiger partial charge in [0.2, 0.25) is 11.8 Å². The van der Waals surface area contributed by atoms with E-state index in [1.807, 2.05) is 13.8 Å². The third kappa shape index (κ3) is 2.73. The summed E-state index contributed by atoms with van der Waals surface area (Å²) in [7, 11) is 0. The first-order chi connectivity index (χ1) is 15.3. The highest BCUT2D eigenvalue weighted by atomic mass is 35.5. The van der Waals surface area contributed by atoms with Crippen LogP contribution >= 0.6 is 11.6 Å². The van der Waals surface area contributed by atoms with Crippen LogP contribution in [0.25, 0.3) is 0 Å². The molecule has 4 aliphatic carbocycles. The van der Waals surface area contributed by atoms with E-state index in [1.54, 1.807) is 36.4 Å². The lowest BCUT2D eigenvalue weighted by Gasteiger charge is -2.37. The third-order valence-corrected chi connectivity index (χ3v) is 8.22. The van der Waals surface area contributed by atoms with Crippen LogP contribution in [-0.4, -0.2) is 17.8 Å². The maximum absolute atomic E-state index is 13.3. The highest BCUT2D eigenvalue weighted by molar-refractivity contribution is 6.32. The second-order valence-corrected chi connectivity index (χ2v) is 9.86. The van der Waals surface area contributed by atoms with E-state index in [1.165, 1.54) is 4.90 Å². The number of allylic oxidation sites excluding steroid dienone is 2. The van der Waals surface area contributed by atoms with Crippen molar-refractivity contribution in [3.05, 3.63) is 70.3 Å². The van der Waals surface area contributed by atoms with Crippen LogP contribution < -0.4 is 9.64 Å². The zero-order valence-corrected chi connectivity index (χ0v) is 18.5. The van der Waals surface area contributed by atoms with E-state index in [4.69, 9.17) is 16.3 Å². The fourth-order valence-corrected chi connectivity index (χ4v) is 6.22. The Balaban J connectivity index is 1.28. The molecule has 0 radical (unpaired) electrons. The average Bonchev–Trinajstić information content (AvgIpc) is 3.55. The molecule has 2 aromatic rings. The van der Waals surface area contributed by atoms with Crippen molar-refractivity contribution in [3.63, 3.8) is 0 Å². The smallest absolute Gasteiger partial charge is 0.343 e. The molecule has 32 heavy (non-hydrogen) atoms. The quantitative estimate of drug-likeness (QED) is 0.295. The average molecular weight is 448 g/mol. The van der Waals surface area contributed by atoms with Gasteiger partial charge in [0.15, 0.2) is 0 Å². The minimum atomic E-state index is -0.549. The molecule has 1 heterocycles. The molecule has 2 aromatic carbocycles. The molecule has 2 saturated carbocycles. The molecule has 0 spiro atoms. The number of anilines is 1. The van der Waals surface area contributed by atoms with Crippen LogP contribution in [0.3, 0.4) is 0 Å². The summed E-state index contributed by atoms with van der Waals surface area (Å²) in [5.41, 5.74) is 2.35. The molecule has 7 rings (SSSR count). The van der Waals surface area contributed by atoms with Gasteiger partial charge < -0.3 is 4.74 Å². The van der Waals surface area contributed by atoms with Gasteiger partial charge >= 0.3 is 5.97 Å². The Hall–Kier alpha value is -2.92. The fraction of sp³-hybridized carbons (Fsp3) is 0.346. The summed E-state index contributed by atoms with van der Waals surface area (Å²) in [5, 5.41) is 0.639. The van der Waals surface area contributed by atoms with Gasteiger partial charge in [-0.25, -0.2) is 9.69 Å². The molecule has 2 amide bonds. The minimum Gasteiger partial charge on any atom is -0.423 e. The van der Waals surface area contributed by atoms with E-state index in [-0.39, 0.29) is 41.0 Å². The Morgan fingerprint density at radius 1 is 0.969 bits per heavy atom. The Morgan fingerprint density at radius 3 is 2.16 bits per heavy atom. The van der Waals surface area contributed by atoms with Gasteiger partial charge in [-0.15, -0.1) is 0 Å². The zero-order chi connectivity index (χ0) is 22.3. The topological polar surface area (TPSA) is 63.7 Å². The first-order valence-corrected chi connectivity index (χ1v) is 11.4. The molecule has 0 aromatic heterocycles. The van der Waals surface area contributed by atoms with E-state index < -0.39 is 5.97 Å². The Labute approximate surface area is 191 Å². The molecule has 6 heteroatoms. The maximum atomic E-state index is 13.3. The first kappa shape index (κ1) is 19.7. The van der Waals surface area contributed by atoms with Gasteiger partial charge in [0.1, 0.15) is 5.75 Å².